The van der Waals surface area contributed by atoms with Gasteiger partial charge in [0.1, 0.15) is 5.82 Å². The van der Waals surface area contributed by atoms with Crippen LogP contribution in [-0.4, -0.2) is 0 Å². The van der Waals surface area contributed by atoms with E-state index >= 15 is 0 Å². The highest BCUT2D eigenvalue weighted by Crippen LogP contribution is 2.38. The smallest absolute Gasteiger partial charge is 0.123 e. The minimum absolute atomic E-state index is 0.123. The van der Waals surface area contributed by atoms with Gasteiger partial charge in [0.25, 0.3) is 0 Å². The van der Waals surface area contributed by atoms with Crippen LogP contribution in [0.4, 0.5) is 4.39 Å². The zero-order valence-corrected chi connectivity index (χ0v) is 8.68. The quantitative estimate of drug-likeness (QED) is 0.590. The highest BCUT2D eigenvalue weighted by atomic mass is 19.1. The van der Waals surface area contributed by atoms with E-state index in [0.29, 0.717) is 0 Å². The van der Waals surface area contributed by atoms with Crippen LogP contribution in [0.25, 0.3) is 0 Å². The van der Waals surface area contributed by atoms with E-state index in [1.54, 1.807) is 12.1 Å². The first-order valence-electron chi connectivity index (χ1n) is 5.04. The minimum atomic E-state index is -0.156. The van der Waals surface area contributed by atoms with E-state index in [0.717, 1.165) is 12.8 Å². The van der Waals surface area contributed by atoms with Crippen LogP contribution in [-0.2, 0) is 5.41 Å². The first kappa shape index (κ1) is 9.45. The first-order valence-corrected chi connectivity index (χ1v) is 5.04. The molecule has 0 radical (unpaired) electrons. The largest absolute Gasteiger partial charge is 0.207 e. The molecular weight excluding hydrogens is 175 g/mol. The van der Waals surface area contributed by atoms with Crippen LogP contribution in [0, 0.1) is 5.82 Å². The van der Waals surface area contributed by atoms with Gasteiger partial charge in [0.15, 0.2) is 0 Å². The molecule has 0 aromatic heterocycles. The van der Waals surface area contributed by atoms with Gasteiger partial charge in [-0.25, -0.2) is 4.39 Å². The predicted molar refractivity (Wildman–Crippen MR) is 56.7 cm³/mol. The standard InChI is InChI=1S/C13H15F/c1-10-7-8-13(2,9-10)11-3-5-12(14)6-4-11/h3-6,9H,7-8H2,1-2H3/t13-/m1/s1. The molecular formula is C13H15F. The summed E-state index contributed by atoms with van der Waals surface area (Å²) >= 11 is 0. The summed E-state index contributed by atoms with van der Waals surface area (Å²) < 4.78 is 12.8. The molecule has 1 aromatic rings. The second kappa shape index (κ2) is 3.23. The Hall–Kier alpha value is -1.11. The average Bonchev–Trinajstić information content (AvgIpc) is 2.48. The van der Waals surface area contributed by atoms with Crippen molar-refractivity contribution in [3.8, 4) is 0 Å². The first-order chi connectivity index (χ1) is 6.60. The van der Waals surface area contributed by atoms with Crippen molar-refractivity contribution < 1.29 is 4.39 Å². The molecule has 0 fully saturated rings. The Balaban J connectivity index is 2.35. The number of hydrogen-bond donors (Lipinski definition) is 0. The van der Waals surface area contributed by atoms with Crippen molar-refractivity contribution in [2.45, 2.75) is 32.1 Å². The van der Waals surface area contributed by atoms with Crippen LogP contribution < -0.4 is 0 Å². The molecule has 1 atom stereocenters. The Labute approximate surface area is 84.5 Å². The van der Waals surface area contributed by atoms with E-state index in [9.17, 15) is 4.39 Å². The third kappa shape index (κ3) is 1.59. The van der Waals surface area contributed by atoms with Gasteiger partial charge in [0.05, 0.1) is 0 Å². The monoisotopic (exact) mass is 190 g/mol. The van der Waals surface area contributed by atoms with Crippen LogP contribution in [0.1, 0.15) is 32.3 Å². The molecule has 0 heterocycles. The van der Waals surface area contributed by atoms with Crippen LogP contribution in [0.3, 0.4) is 0 Å². The van der Waals surface area contributed by atoms with Gasteiger partial charge < -0.3 is 0 Å². The number of allylic oxidation sites excluding steroid dienone is 2. The van der Waals surface area contributed by atoms with Gasteiger partial charge in [-0.2, -0.15) is 0 Å². The molecule has 1 heteroatoms. The van der Waals surface area contributed by atoms with Crippen molar-refractivity contribution in [2.24, 2.45) is 0 Å². The normalized spacial score (nSPS) is 26.4. The van der Waals surface area contributed by atoms with Crippen LogP contribution in [0.2, 0.25) is 0 Å². The van der Waals surface area contributed by atoms with E-state index in [4.69, 9.17) is 0 Å². The molecule has 0 nitrogen and oxygen atoms in total. The highest BCUT2D eigenvalue weighted by molar-refractivity contribution is 5.34. The molecule has 1 aliphatic carbocycles. The molecule has 14 heavy (non-hydrogen) atoms. The summed E-state index contributed by atoms with van der Waals surface area (Å²) in [5.41, 5.74) is 2.78. The summed E-state index contributed by atoms with van der Waals surface area (Å²) in [5, 5.41) is 0. The number of benzene rings is 1. The van der Waals surface area contributed by atoms with Gasteiger partial charge >= 0.3 is 0 Å². The molecule has 1 aromatic carbocycles. The third-order valence-corrected chi connectivity index (χ3v) is 3.11. The molecule has 0 bridgehead atoms. The summed E-state index contributed by atoms with van der Waals surface area (Å²) in [4.78, 5) is 0. The molecule has 0 saturated heterocycles. The maximum Gasteiger partial charge on any atom is 0.123 e. The third-order valence-electron chi connectivity index (χ3n) is 3.11. The molecule has 0 amide bonds. The van der Waals surface area contributed by atoms with Crippen molar-refractivity contribution in [1.82, 2.24) is 0 Å². The molecule has 0 spiro atoms. The fourth-order valence-corrected chi connectivity index (χ4v) is 2.20. The van der Waals surface area contributed by atoms with Gasteiger partial charge in [-0.15, -0.1) is 0 Å². The Bertz CT molecular complexity index is 361. The SMILES string of the molecule is CC1=C[C@](C)(c2ccc(F)cc2)CC1. The van der Waals surface area contributed by atoms with E-state index in [1.165, 1.54) is 11.1 Å². The molecule has 0 saturated carbocycles. The number of hydrogen-bond acceptors (Lipinski definition) is 0. The second-order valence-electron chi connectivity index (χ2n) is 4.42. The molecule has 74 valence electrons. The summed E-state index contributed by atoms with van der Waals surface area (Å²) in [5.74, 6) is -0.156. The Morgan fingerprint density at radius 2 is 1.86 bits per heavy atom. The maximum atomic E-state index is 12.8. The van der Waals surface area contributed by atoms with E-state index in [1.807, 2.05) is 12.1 Å². The minimum Gasteiger partial charge on any atom is -0.207 e. The fraction of sp³-hybridized carbons (Fsp3) is 0.385. The number of rotatable bonds is 1. The van der Waals surface area contributed by atoms with Crippen molar-refractivity contribution in [3.05, 3.63) is 47.3 Å². The zero-order chi connectivity index (χ0) is 10.2. The van der Waals surface area contributed by atoms with Gasteiger partial charge in [0, 0.05) is 5.41 Å². The zero-order valence-electron chi connectivity index (χ0n) is 8.68. The number of halogens is 1. The van der Waals surface area contributed by atoms with Crippen molar-refractivity contribution in [2.75, 3.05) is 0 Å². The van der Waals surface area contributed by atoms with E-state index < -0.39 is 0 Å². The van der Waals surface area contributed by atoms with Gasteiger partial charge in [-0.05, 0) is 37.5 Å². The Morgan fingerprint density at radius 3 is 2.36 bits per heavy atom. The van der Waals surface area contributed by atoms with Crippen LogP contribution in [0.5, 0.6) is 0 Å². The van der Waals surface area contributed by atoms with Gasteiger partial charge in [0.2, 0.25) is 0 Å². The lowest BCUT2D eigenvalue weighted by Crippen LogP contribution is -2.15. The fourth-order valence-electron chi connectivity index (χ4n) is 2.20. The van der Waals surface area contributed by atoms with E-state index in [-0.39, 0.29) is 11.2 Å². The van der Waals surface area contributed by atoms with Crippen LogP contribution >= 0.6 is 0 Å². The molecule has 2 rings (SSSR count). The lowest BCUT2D eigenvalue weighted by atomic mass is 9.82. The van der Waals surface area contributed by atoms with Crippen molar-refractivity contribution in [3.63, 3.8) is 0 Å². The highest BCUT2D eigenvalue weighted by Gasteiger charge is 2.28. The molecule has 0 unspecified atom stereocenters. The summed E-state index contributed by atoms with van der Waals surface area (Å²) in [6.45, 7) is 4.38. The maximum absolute atomic E-state index is 12.8. The molecule has 1 aliphatic rings. The molecule has 0 aliphatic heterocycles. The lowest BCUT2D eigenvalue weighted by Gasteiger charge is -2.22. The Morgan fingerprint density at radius 1 is 1.21 bits per heavy atom. The predicted octanol–water partition coefficient (Wildman–Crippen LogP) is 3.82. The van der Waals surface area contributed by atoms with Crippen molar-refractivity contribution in [1.29, 1.82) is 0 Å². The van der Waals surface area contributed by atoms with Gasteiger partial charge in [-0.1, -0.05) is 30.7 Å². The van der Waals surface area contributed by atoms with Crippen molar-refractivity contribution >= 4 is 0 Å². The molecule has 0 N–H and O–H groups in total. The lowest BCUT2D eigenvalue weighted by molar-refractivity contribution is 0.573. The summed E-state index contributed by atoms with van der Waals surface area (Å²) in [7, 11) is 0. The Kier molecular flexibility index (Phi) is 2.18. The summed E-state index contributed by atoms with van der Waals surface area (Å²) in [6.07, 6.45) is 4.61. The van der Waals surface area contributed by atoms with Gasteiger partial charge in [-0.3, -0.25) is 0 Å². The average molecular weight is 190 g/mol. The topological polar surface area (TPSA) is 0 Å². The summed E-state index contributed by atoms with van der Waals surface area (Å²) in [6, 6.07) is 6.87. The van der Waals surface area contributed by atoms with E-state index in [2.05, 4.69) is 19.9 Å². The second-order valence-corrected chi connectivity index (χ2v) is 4.42. The van der Waals surface area contributed by atoms with Crippen LogP contribution in [0.15, 0.2) is 35.9 Å².